The zero-order valence-corrected chi connectivity index (χ0v) is 19.1. The quantitative estimate of drug-likeness (QED) is 0.201. The third kappa shape index (κ3) is 5.46. The smallest absolute Gasteiger partial charge is 0.409 e. The minimum atomic E-state index is -0.361. The van der Waals surface area contributed by atoms with Crippen molar-refractivity contribution in [1.82, 2.24) is 0 Å². The van der Waals surface area contributed by atoms with E-state index in [2.05, 4.69) is 28.6 Å². The minimum Gasteiger partial charge on any atom is -0.497 e. The van der Waals surface area contributed by atoms with Gasteiger partial charge in [0.1, 0.15) is 23.6 Å². The summed E-state index contributed by atoms with van der Waals surface area (Å²) < 4.78 is 13.6. The lowest BCUT2D eigenvalue weighted by Crippen LogP contribution is -2.28. The predicted octanol–water partition coefficient (Wildman–Crippen LogP) is 5.10. The molecule has 0 aliphatic heterocycles. The molecule has 0 unspecified atom stereocenters. The molecule has 0 aliphatic rings. The van der Waals surface area contributed by atoms with Crippen molar-refractivity contribution in [3.8, 4) is 5.75 Å². The van der Waals surface area contributed by atoms with Crippen LogP contribution in [0.2, 0.25) is 0 Å². The van der Waals surface area contributed by atoms with Gasteiger partial charge in [-0.3, -0.25) is 0 Å². The van der Waals surface area contributed by atoms with Gasteiger partial charge in [0.2, 0.25) is 0 Å². The number of aryl methyl sites for hydroxylation is 1. The summed E-state index contributed by atoms with van der Waals surface area (Å²) in [6.45, 7) is 9.01. The Bertz CT molecular complexity index is 1110. The van der Waals surface area contributed by atoms with E-state index in [0.717, 1.165) is 39.0 Å². The highest BCUT2D eigenvalue weighted by molar-refractivity contribution is 7.21. The number of carbonyl (C=O) groups is 1. The maximum atomic E-state index is 11.5. The molecule has 0 fully saturated rings. The number of azo groups is 1. The number of aromatic nitrogens is 1. The van der Waals surface area contributed by atoms with E-state index in [9.17, 15) is 4.79 Å². The summed E-state index contributed by atoms with van der Waals surface area (Å²) >= 11 is 1.56. The van der Waals surface area contributed by atoms with Crippen LogP contribution in [0.4, 0.5) is 16.5 Å². The zero-order chi connectivity index (χ0) is 22.4. The number of hydrogen-bond donors (Lipinski definition) is 0. The largest absolute Gasteiger partial charge is 0.497 e. The fourth-order valence-corrected chi connectivity index (χ4v) is 4.01. The molecular formula is C23H27N4O3S+. The first-order chi connectivity index (χ1) is 14.9. The van der Waals surface area contributed by atoms with E-state index in [1.54, 1.807) is 25.4 Å². The maximum Gasteiger partial charge on any atom is 0.409 e. The lowest BCUT2D eigenvalue weighted by molar-refractivity contribution is -0.627. The number of ether oxygens (including phenoxy) is 2. The Morgan fingerprint density at radius 3 is 2.58 bits per heavy atom. The Kier molecular flexibility index (Phi) is 7.36. The molecule has 0 spiro atoms. The van der Waals surface area contributed by atoms with Gasteiger partial charge in [0, 0.05) is 23.9 Å². The van der Waals surface area contributed by atoms with Crippen LogP contribution in [0.3, 0.4) is 0 Å². The first-order valence-electron chi connectivity index (χ1n) is 9.99. The third-order valence-corrected chi connectivity index (χ3v) is 5.89. The molecule has 0 saturated carbocycles. The van der Waals surface area contributed by atoms with Gasteiger partial charge in [-0.05, 0) is 66.7 Å². The van der Waals surface area contributed by atoms with E-state index >= 15 is 0 Å². The van der Waals surface area contributed by atoms with Crippen LogP contribution in [-0.2, 0) is 16.6 Å². The maximum absolute atomic E-state index is 11.5. The van der Waals surface area contributed by atoms with Crippen LogP contribution >= 0.6 is 11.3 Å². The average Bonchev–Trinajstić information content (AvgIpc) is 3.10. The SMILES string of the molecule is C=C(C)C(=O)OCCN(CC)c1ccc(N=Nc2sc3cc(OC)ccc3[n+]2C)cc1. The number of thiazole rings is 1. The number of hydrogen-bond acceptors (Lipinski definition) is 7. The third-order valence-electron chi connectivity index (χ3n) is 4.81. The molecular weight excluding hydrogens is 412 g/mol. The van der Waals surface area contributed by atoms with Gasteiger partial charge in [-0.15, -0.1) is 0 Å². The number of rotatable bonds is 9. The lowest BCUT2D eigenvalue weighted by Gasteiger charge is -2.22. The van der Waals surface area contributed by atoms with Gasteiger partial charge in [-0.1, -0.05) is 6.58 Å². The van der Waals surface area contributed by atoms with Gasteiger partial charge < -0.3 is 14.4 Å². The molecule has 7 nitrogen and oxygen atoms in total. The van der Waals surface area contributed by atoms with Crippen LogP contribution in [0.1, 0.15) is 13.8 Å². The second-order valence-electron chi connectivity index (χ2n) is 6.99. The van der Waals surface area contributed by atoms with Crippen molar-refractivity contribution < 1.29 is 18.8 Å². The number of anilines is 1. The van der Waals surface area contributed by atoms with E-state index in [4.69, 9.17) is 9.47 Å². The Hall–Kier alpha value is -3.26. The Balaban J connectivity index is 1.67. The van der Waals surface area contributed by atoms with Gasteiger partial charge >= 0.3 is 11.1 Å². The molecule has 8 heteroatoms. The molecule has 0 aliphatic carbocycles. The lowest BCUT2D eigenvalue weighted by atomic mass is 10.2. The van der Waals surface area contributed by atoms with Crippen molar-refractivity contribution in [1.29, 1.82) is 0 Å². The van der Waals surface area contributed by atoms with Crippen LogP contribution in [0, 0.1) is 0 Å². The van der Waals surface area contributed by atoms with Gasteiger partial charge in [-0.25, -0.2) is 9.36 Å². The molecule has 0 saturated heterocycles. The Morgan fingerprint density at radius 2 is 1.94 bits per heavy atom. The van der Waals surface area contributed by atoms with Crippen molar-refractivity contribution in [2.75, 3.05) is 31.7 Å². The Morgan fingerprint density at radius 1 is 1.19 bits per heavy atom. The number of likely N-dealkylation sites (N-methyl/N-ethyl adjacent to an activating group) is 1. The van der Waals surface area contributed by atoms with E-state index < -0.39 is 0 Å². The van der Waals surface area contributed by atoms with Crippen molar-refractivity contribution >= 4 is 44.0 Å². The van der Waals surface area contributed by atoms with E-state index in [-0.39, 0.29) is 5.97 Å². The molecule has 0 amide bonds. The number of nitrogens with zero attached hydrogens (tertiary/aromatic N) is 4. The van der Waals surface area contributed by atoms with E-state index in [1.807, 2.05) is 54.1 Å². The fourth-order valence-electron chi connectivity index (χ4n) is 3.01. The van der Waals surface area contributed by atoms with Gasteiger partial charge in [0.25, 0.3) is 0 Å². The van der Waals surface area contributed by atoms with Gasteiger partial charge in [0.15, 0.2) is 0 Å². The fraction of sp³-hybridized carbons (Fsp3) is 0.304. The summed E-state index contributed by atoms with van der Waals surface area (Å²) in [4.78, 5) is 13.7. The minimum absolute atomic E-state index is 0.314. The van der Waals surface area contributed by atoms with Crippen LogP contribution in [0.25, 0.3) is 10.2 Å². The summed E-state index contributed by atoms with van der Waals surface area (Å²) in [5.74, 6) is 0.461. The van der Waals surface area contributed by atoms with Gasteiger partial charge in [0.05, 0.1) is 30.5 Å². The molecule has 0 radical (unpaired) electrons. The second kappa shape index (κ2) is 10.2. The second-order valence-corrected chi connectivity index (χ2v) is 8.00. The summed E-state index contributed by atoms with van der Waals surface area (Å²) in [6, 6.07) is 13.8. The van der Waals surface area contributed by atoms with E-state index in [0.29, 0.717) is 18.7 Å². The first kappa shape index (κ1) is 22.4. The molecule has 1 heterocycles. The van der Waals surface area contributed by atoms with Crippen molar-refractivity contribution in [2.24, 2.45) is 17.3 Å². The standard InChI is InChI=1S/C23H27N4O3S/c1-6-27(13-14-30-22(28)16(2)3)18-9-7-17(8-10-18)24-25-23-26(4)20-12-11-19(29-5)15-21(20)31-23/h7-12,15H,2,6,13-14H2,1,3-5H3/q+1. The normalized spacial score (nSPS) is 11.1. The highest BCUT2D eigenvalue weighted by Crippen LogP contribution is 2.30. The summed E-state index contributed by atoms with van der Waals surface area (Å²) in [5.41, 5.74) is 3.29. The van der Waals surface area contributed by atoms with Crippen LogP contribution < -0.4 is 14.2 Å². The Labute approximate surface area is 186 Å². The molecule has 0 bridgehead atoms. The molecule has 3 aromatic rings. The highest BCUT2D eigenvalue weighted by Gasteiger charge is 2.16. The average molecular weight is 440 g/mol. The molecule has 31 heavy (non-hydrogen) atoms. The molecule has 0 atom stereocenters. The zero-order valence-electron chi connectivity index (χ0n) is 18.3. The molecule has 2 aromatic carbocycles. The molecule has 1 aromatic heterocycles. The van der Waals surface area contributed by atoms with Crippen molar-refractivity contribution in [3.63, 3.8) is 0 Å². The monoisotopic (exact) mass is 439 g/mol. The van der Waals surface area contributed by atoms with E-state index in [1.165, 1.54) is 0 Å². The number of esters is 1. The summed E-state index contributed by atoms with van der Waals surface area (Å²) in [7, 11) is 3.63. The number of benzene rings is 2. The van der Waals surface area contributed by atoms with Crippen LogP contribution in [0.5, 0.6) is 5.75 Å². The van der Waals surface area contributed by atoms with Crippen molar-refractivity contribution in [3.05, 3.63) is 54.6 Å². The predicted molar refractivity (Wildman–Crippen MR) is 124 cm³/mol. The summed E-state index contributed by atoms with van der Waals surface area (Å²) in [5, 5.41) is 9.63. The molecule has 3 rings (SSSR count). The van der Waals surface area contributed by atoms with Crippen LogP contribution in [-0.4, -0.2) is 32.8 Å². The van der Waals surface area contributed by atoms with Crippen LogP contribution in [0.15, 0.2) is 64.8 Å². The summed E-state index contributed by atoms with van der Waals surface area (Å²) in [6.07, 6.45) is 0. The van der Waals surface area contributed by atoms with Gasteiger partial charge in [-0.2, -0.15) is 0 Å². The highest BCUT2D eigenvalue weighted by atomic mass is 32.1. The van der Waals surface area contributed by atoms with Crippen molar-refractivity contribution in [2.45, 2.75) is 13.8 Å². The topological polar surface area (TPSA) is 67.4 Å². The number of carbonyl (C=O) groups excluding carboxylic acids is 1. The molecule has 162 valence electrons. The molecule has 0 N–H and O–H groups in total. The first-order valence-corrected chi connectivity index (χ1v) is 10.8. The number of methoxy groups -OCH3 is 1. The number of fused-ring (bicyclic) bond motifs is 1.